The summed E-state index contributed by atoms with van der Waals surface area (Å²) >= 11 is 6.00. The molecule has 0 radical (unpaired) electrons. The van der Waals surface area contributed by atoms with Gasteiger partial charge in [0.1, 0.15) is 23.1 Å². The first kappa shape index (κ1) is 32.9. The number of alkyl halides is 3. The van der Waals surface area contributed by atoms with E-state index in [2.05, 4.69) is 9.71 Å². The van der Waals surface area contributed by atoms with E-state index in [1.54, 1.807) is 16.9 Å². The van der Waals surface area contributed by atoms with Crippen LogP contribution >= 0.6 is 11.6 Å². The SMILES string of the molecule is COCCOc1ccc(CCCOC(=O)NS(=O)(=O)NCCc2ccccc2)c(Oc2ncc(C(F)(F)F)cc2Cl)c1. The van der Waals surface area contributed by atoms with Crippen molar-refractivity contribution in [2.24, 2.45) is 0 Å². The summed E-state index contributed by atoms with van der Waals surface area (Å²) in [4.78, 5) is 15.7. The summed E-state index contributed by atoms with van der Waals surface area (Å²) in [6.45, 7) is 0.498. The number of nitrogens with zero attached hydrogens (tertiary/aromatic N) is 1. The molecule has 3 aromatic rings. The highest BCUT2D eigenvalue weighted by molar-refractivity contribution is 7.88. The third-order valence-corrected chi connectivity index (χ3v) is 6.82. The predicted octanol–water partition coefficient (Wildman–Crippen LogP) is 5.31. The normalized spacial score (nSPS) is 11.6. The maximum absolute atomic E-state index is 13.0. The van der Waals surface area contributed by atoms with E-state index in [9.17, 15) is 26.4 Å². The van der Waals surface area contributed by atoms with Gasteiger partial charge in [-0.25, -0.2) is 14.5 Å². The second-order valence-electron chi connectivity index (χ2n) is 8.70. The van der Waals surface area contributed by atoms with Crippen LogP contribution in [-0.4, -0.2) is 53.0 Å². The van der Waals surface area contributed by atoms with E-state index in [1.807, 2.05) is 30.3 Å². The zero-order chi connectivity index (χ0) is 30.6. The lowest BCUT2D eigenvalue weighted by molar-refractivity contribution is -0.137. The van der Waals surface area contributed by atoms with Gasteiger partial charge in [0, 0.05) is 25.9 Å². The molecule has 0 bridgehead atoms. The Hall–Kier alpha value is -3.59. The molecule has 0 unspecified atom stereocenters. The lowest BCUT2D eigenvalue weighted by atomic mass is 10.1. The maximum atomic E-state index is 13.0. The van der Waals surface area contributed by atoms with Gasteiger partial charge in [-0.2, -0.15) is 26.3 Å². The van der Waals surface area contributed by atoms with Crippen molar-refractivity contribution >= 4 is 27.9 Å². The molecule has 0 aliphatic heterocycles. The van der Waals surface area contributed by atoms with Crippen LogP contribution in [0.15, 0.2) is 60.8 Å². The van der Waals surface area contributed by atoms with Crippen molar-refractivity contribution in [2.45, 2.75) is 25.4 Å². The van der Waals surface area contributed by atoms with E-state index in [4.69, 9.17) is 30.5 Å². The number of hydrogen-bond acceptors (Lipinski definition) is 8. The minimum absolute atomic E-state index is 0.0817. The van der Waals surface area contributed by atoms with Crippen molar-refractivity contribution in [2.75, 3.05) is 33.5 Å². The van der Waals surface area contributed by atoms with Crippen molar-refractivity contribution in [1.82, 2.24) is 14.4 Å². The van der Waals surface area contributed by atoms with Gasteiger partial charge in [0.15, 0.2) is 0 Å². The van der Waals surface area contributed by atoms with E-state index >= 15 is 0 Å². The standard InChI is InChI=1S/C27H29ClF3N3O7S/c1-38-14-15-39-22-10-9-20(24(17-22)41-25-23(28)16-21(18-32-25)27(29,30)31)8-5-13-40-26(35)34-42(36,37)33-12-11-19-6-3-2-4-7-19/h2-4,6-7,9-10,16-18,33H,5,8,11-15H2,1H3,(H,34,35). The molecule has 0 aliphatic carbocycles. The topological polar surface area (TPSA) is 125 Å². The molecule has 42 heavy (non-hydrogen) atoms. The first-order valence-electron chi connectivity index (χ1n) is 12.6. The van der Waals surface area contributed by atoms with Crippen LogP contribution in [0.4, 0.5) is 18.0 Å². The summed E-state index contributed by atoms with van der Waals surface area (Å²) in [5.41, 5.74) is 0.476. The van der Waals surface area contributed by atoms with Gasteiger partial charge in [-0.15, -0.1) is 0 Å². The van der Waals surface area contributed by atoms with Crippen molar-refractivity contribution in [3.8, 4) is 17.4 Å². The molecule has 1 amide bonds. The summed E-state index contributed by atoms with van der Waals surface area (Å²) in [7, 11) is -2.61. The maximum Gasteiger partial charge on any atom is 0.421 e. The number of hydrogen-bond donors (Lipinski definition) is 2. The molecule has 228 valence electrons. The molecule has 2 N–H and O–H groups in total. The van der Waals surface area contributed by atoms with Gasteiger partial charge in [-0.3, -0.25) is 0 Å². The second kappa shape index (κ2) is 15.6. The number of nitrogens with one attached hydrogen (secondary N) is 2. The molecule has 1 aromatic heterocycles. The van der Waals surface area contributed by atoms with E-state index in [0.29, 0.717) is 36.6 Å². The Balaban J connectivity index is 1.57. The van der Waals surface area contributed by atoms with E-state index in [0.717, 1.165) is 5.56 Å². The summed E-state index contributed by atoms with van der Waals surface area (Å²) < 4.78 is 88.5. The minimum atomic E-state index is -4.63. The van der Waals surface area contributed by atoms with Crippen LogP contribution in [0.1, 0.15) is 23.1 Å². The lowest BCUT2D eigenvalue weighted by Gasteiger charge is -2.15. The first-order chi connectivity index (χ1) is 20.0. The predicted molar refractivity (Wildman–Crippen MR) is 148 cm³/mol. The second-order valence-corrected chi connectivity index (χ2v) is 10.6. The highest BCUT2D eigenvalue weighted by atomic mass is 35.5. The van der Waals surface area contributed by atoms with Gasteiger partial charge in [0.05, 0.1) is 18.8 Å². The molecule has 3 rings (SSSR count). The Kier molecular flexibility index (Phi) is 12.2. The zero-order valence-corrected chi connectivity index (χ0v) is 24.0. The number of carbonyl (C=O) groups is 1. The van der Waals surface area contributed by atoms with Crippen molar-refractivity contribution in [1.29, 1.82) is 0 Å². The highest BCUT2D eigenvalue weighted by Gasteiger charge is 2.32. The summed E-state index contributed by atoms with van der Waals surface area (Å²) in [5.74, 6) is 0.351. The summed E-state index contributed by atoms with van der Waals surface area (Å²) in [5, 5.41) is -0.347. The van der Waals surface area contributed by atoms with Crippen LogP contribution in [-0.2, 0) is 38.7 Å². The average Bonchev–Trinajstić information content (AvgIpc) is 2.93. The Bertz CT molecular complexity index is 1430. The Morgan fingerprint density at radius 1 is 1.02 bits per heavy atom. The Labute approximate surface area is 246 Å². The number of carbonyl (C=O) groups excluding carboxylic acids is 1. The molecule has 15 heteroatoms. The minimum Gasteiger partial charge on any atom is -0.491 e. The average molecular weight is 632 g/mol. The smallest absolute Gasteiger partial charge is 0.421 e. The Morgan fingerprint density at radius 2 is 1.79 bits per heavy atom. The first-order valence-corrected chi connectivity index (χ1v) is 14.5. The summed E-state index contributed by atoms with van der Waals surface area (Å²) in [6.07, 6.45) is -4.20. The molecule has 10 nitrogen and oxygen atoms in total. The molecular weight excluding hydrogens is 603 g/mol. The number of benzene rings is 2. The molecule has 0 aliphatic rings. The third kappa shape index (κ3) is 11.0. The number of ether oxygens (including phenoxy) is 4. The monoisotopic (exact) mass is 631 g/mol. The summed E-state index contributed by atoms with van der Waals surface area (Å²) in [6, 6.07) is 14.8. The molecule has 1 heterocycles. The third-order valence-electron chi connectivity index (χ3n) is 5.53. The number of amides is 1. The lowest BCUT2D eigenvalue weighted by Crippen LogP contribution is -2.41. The number of pyridine rings is 1. The number of halogens is 4. The van der Waals surface area contributed by atoms with Crippen molar-refractivity contribution in [3.05, 3.63) is 82.5 Å². The molecule has 0 saturated carbocycles. The van der Waals surface area contributed by atoms with Crippen LogP contribution in [0, 0.1) is 0 Å². The zero-order valence-electron chi connectivity index (χ0n) is 22.4. The van der Waals surface area contributed by atoms with E-state index in [-0.39, 0.29) is 49.3 Å². The van der Waals surface area contributed by atoms with Gasteiger partial charge in [0.2, 0.25) is 5.88 Å². The van der Waals surface area contributed by atoms with Crippen molar-refractivity contribution in [3.63, 3.8) is 0 Å². The van der Waals surface area contributed by atoms with E-state index in [1.165, 1.54) is 13.2 Å². The van der Waals surface area contributed by atoms with Crippen LogP contribution in [0.5, 0.6) is 17.4 Å². The van der Waals surface area contributed by atoms with Crippen molar-refractivity contribution < 1.29 is 45.3 Å². The van der Waals surface area contributed by atoms with Gasteiger partial charge >= 0.3 is 22.5 Å². The van der Waals surface area contributed by atoms with Gasteiger partial charge in [-0.05, 0) is 42.5 Å². The molecule has 2 aromatic carbocycles. The fourth-order valence-electron chi connectivity index (χ4n) is 3.51. The van der Waals surface area contributed by atoms with Gasteiger partial charge in [-0.1, -0.05) is 48.0 Å². The van der Waals surface area contributed by atoms with Gasteiger partial charge in [0.25, 0.3) is 0 Å². The molecule has 0 atom stereocenters. The van der Waals surface area contributed by atoms with Crippen LogP contribution in [0.3, 0.4) is 0 Å². The van der Waals surface area contributed by atoms with Gasteiger partial charge < -0.3 is 18.9 Å². The van der Waals surface area contributed by atoms with Crippen LogP contribution < -0.4 is 18.9 Å². The fraction of sp³-hybridized carbons (Fsp3) is 0.333. The highest BCUT2D eigenvalue weighted by Crippen LogP contribution is 2.36. The number of aryl methyl sites for hydroxylation is 1. The number of aromatic nitrogens is 1. The van der Waals surface area contributed by atoms with Crippen LogP contribution in [0.25, 0.3) is 0 Å². The molecule has 0 spiro atoms. The molecule has 0 fully saturated rings. The number of methoxy groups -OCH3 is 1. The van der Waals surface area contributed by atoms with Crippen LogP contribution in [0.2, 0.25) is 5.02 Å². The van der Waals surface area contributed by atoms with E-state index < -0.39 is 28.0 Å². The molecule has 0 saturated heterocycles. The molecular formula is C27H29ClF3N3O7S. The Morgan fingerprint density at radius 3 is 2.48 bits per heavy atom. The number of rotatable bonds is 15. The largest absolute Gasteiger partial charge is 0.491 e. The fourth-order valence-corrected chi connectivity index (χ4v) is 4.43. The quantitative estimate of drug-likeness (QED) is 0.216.